The van der Waals surface area contributed by atoms with Crippen LogP contribution in [-0.2, 0) is 13.0 Å². The molecule has 1 aliphatic heterocycles. The number of aromatic nitrogens is 1. The van der Waals surface area contributed by atoms with Crippen LogP contribution in [-0.4, -0.2) is 36.0 Å². The van der Waals surface area contributed by atoms with Crippen LogP contribution in [0.2, 0.25) is 0 Å². The van der Waals surface area contributed by atoms with Gasteiger partial charge in [0.25, 0.3) is 0 Å². The second-order valence-corrected chi connectivity index (χ2v) is 3.99. The largest absolute Gasteiger partial charge is 0.351 e. The first-order chi connectivity index (χ1) is 7.79. The van der Waals surface area contributed by atoms with Gasteiger partial charge in [0.1, 0.15) is 0 Å². The number of nitrogens with zero attached hydrogens (tertiary/aromatic N) is 3. The van der Waals surface area contributed by atoms with E-state index < -0.39 is 0 Å². The smallest absolute Gasteiger partial charge is 0.194 e. The van der Waals surface area contributed by atoms with Crippen LogP contribution in [0, 0.1) is 0 Å². The lowest BCUT2D eigenvalue weighted by Gasteiger charge is -2.15. The number of likely N-dealkylation sites (N-methyl/N-ethyl adjacent to an activating group) is 1. The molecule has 0 saturated carbocycles. The Morgan fingerprint density at radius 3 is 3.06 bits per heavy atom. The molecule has 1 N–H and O–H groups in total. The van der Waals surface area contributed by atoms with E-state index in [1.54, 1.807) is 0 Å². The summed E-state index contributed by atoms with van der Waals surface area (Å²) in [5.74, 6) is 0.976. The predicted molar refractivity (Wildman–Crippen MR) is 65.4 cm³/mol. The molecular weight excluding hydrogens is 200 g/mol. The van der Waals surface area contributed by atoms with Crippen LogP contribution in [0.25, 0.3) is 0 Å². The van der Waals surface area contributed by atoms with E-state index >= 15 is 0 Å². The topological polar surface area (TPSA) is 40.5 Å². The van der Waals surface area contributed by atoms with Gasteiger partial charge in [0.05, 0.1) is 18.8 Å². The lowest BCUT2D eigenvalue weighted by Crippen LogP contribution is -2.35. The fourth-order valence-corrected chi connectivity index (χ4v) is 1.74. The van der Waals surface area contributed by atoms with E-state index in [9.17, 15) is 0 Å². The Labute approximate surface area is 96.4 Å². The number of hydrogen-bond donors (Lipinski definition) is 1. The minimum absolute atomic E-state index is 0.747. The highest BCUT2D eigenvalue weighted by molar-refractivity contribution is 5.81. The zero-order valence-corrected chi connectivity index (χ0v) is 9.90. The van der Waals surface area contributed by atoms with Crippen molar-refractivity contribution in [1.29, 1.82) is 0 Å². The molecule has 16 heavy (non-hydrogen) atoms. The molecule has 0 radical (unpaired) electrons. The van der Waals surface area contributed by atoms with E-state index in [1.807, 2.05) is 6.20 Å². The fraction of sp³-hybridized carbons (Fsp3) is 0.500. The fourth-order valence-electron chi connectivity index (χ4n) is 1.74. The van der Waals surface area contributed by atoms with E-state index in [4.69, 9.17) is 0 Å². The monoisotopic (exact) mass is 218 g/mol. The summed E-state index contributed by atoms with van der Waals surface area (Å²) in [5, 5.41) is 3.31. The molecule has 0 aliphatic carbocycles. The zero-order chi connectivity index (χ0) is 11.4. The number of hydrogen-bond acceptors (Lipinski definition) is 4. The Hall–Kier alpha value is -1.58. The van der Waals surface area contributed by atoms with Crippen molar-refractivity contribution >= 4 is 5.96 Å². The van der Waals surface area contributed by atoms with Gasteiger partial charge in [-0.3, -0.25) is 9.98 Å². The summed E-state index contributed by atoms with van der Waals surface area (Å²) in [7, 11) is 2.05. The van der Waals surface area contributed by atoms with E-state index in [2.05, 4.69) is 46.3 Å². The number of pyridine rings is 1. The first-order valence-electron chi connectivity index (χ1n) is 5.73. The van der Waals surface area contributed by atoms with Crippen molar-refractivity contribution in [3.63, 3.8) is 0 Å². The Morgan fingerprint density at radius 2 is 2.38 bits per heavy atom. The highest BCUT2D eigenvalue weighted by atomic mass is 15.3. The van der Waals surface area contributed by atoms with Crippen LogP contribution in [0.1, 0.15) is 18.2 Å². The molecule has 0 aromatic carbocycles. The van der Waals surface area contributed by atoms with Crippen LogP contribution in [0.3, 0.4) is 0 Å². The van der Waals surface area contributed by atoms with Crippen molar-refractivity contribution in [1.82, 2.24) is 15.2 Å². The Morgan fingerprint density at radius 1 is 1.50 bits per heavy atom. The molecule has 0 bridgehead atoms. The van der Waals surface area contributed by atoms with Crippen LogP contribution in [0.15, 0.2) is 23.3 Å². The van der Waals surface area contributed by atoms with Gasteiger partial charge in [0.15, 0.2) is 5.96 Å². The van der Waals surface area contributed by atoms with E-state index in [0.29, 0.717) is 0 Å². The molecule has 4 nitrogen and oxygen atoms in total. The molecule has 0 unspecified atom stereocenters. The first-order valence-corrected chi connectivity index (χ1v) is 5.73. The minimum Gasteiger partial charge on any atom is -0.351 e. The van der Waals surface area contributed by atoms with Gasteiger partial charge in [-0.1, -0.05) is 6.92 Å². The molecule has 1 aromatic rings. The summed E-state index contributed by atoms with van der Waals surface area (Å²) < 4.78 is 0. The molecule has 0 fully saturated rings. The standard InChI is InChI=1S/C12H18N4/c1-3-10-4-5-13-11(8-10)9-15-12-14-6-7-16(12)2/h4-5,8H,3,6-7,9H2,1-2H3,(H,14,15). The number of nitrogens with one attached hydrogen (secondary N) is 1. The van der Waals surface area contributed by atoms with E-state index in [-0.39, 0.29) is 0 Å². The molecule has 1 aromatic heterocycles. The van der Waals surface area contributed by atoms with Gasteiger partial charge in [0, 0.05) is 19.8 Å². The zero-order valence-electron chi connectivity index (χ0n) is 9.90. The molecule has 0 atom stereocenters. The molecule has 2 heterocycles. The van der Waals surface area contributed by atoms with Crippen molar-refractivity contribution in [2.24, 2.45) is 4.99 Å². The summed E-state index contributed by atoms with van der Waals surface area (Å²) in [6, 6.07) is 4.20. The normalized spacial score (nSPS) is 15.1. The highest BCUT2D eigenvalue weighted by Gasteiger charge is 2.11. The molecule has 1 aliphatic rings. The average molecular weight is 218 g/mol. The van der Waals surface area contributed by atoms with Gasteiger partial charge in [-0.15, -0.1) is 0 Å². The second kappa shape index (κ2) is 4.96. The van der Waals surface area contributed by atoms with Gasteiger partial charge >= 0.3 is 0 Å². The molecule has 4 heteroatoms. The molecule has 0 saturated heterocycles. The summed E-state index contributed by atoms with van der Waals surface area (Å²) in [4.78, 5) is 10.8. The lowest BCUT2D eigenvalue weighted by atomic mass is 10.2. The van der Waals surface area contributed by atoms with Crippen molar-refractivity contribution in [2.75, 3.05) is 20.1 Å². The third-order valence-electron chi connectivity index (χ3n) is 2.78. The molecule has 0 amide bonds. The molecule has 2 rings (SSSR count). The Bertz CT molecular complexity index is 386. The van der Waals surface area contributed by atoms with Crippen LogP contribution < -0.4 is 5.32 Å². The third-order valence-corrected chi connectivity index (χ3v) is 2.78. The quantitative estimate of drug-likeness (QED) is 0.824. The van der Waals surface area contributed by atoms with Gasteiger partial charge in [-0.05, 0) is 24.1 Å². The van der Waals surface area contributed by atoms with Gasteiger partial charge in [-0.25, -0.2) is 0 Å². The Kier molecular flexibility index (Phi) is 3.39. The maximum Gasteiger partial charge on any atom is 0.194 e. The molecular formula is C12H18N4. The number of aliphatic imine (C=N–C) groups is 1. The SMILES string of the molecule is CCc1ccnc(CNC2=NCCN2C)c1. The van der Waals surface area contributed by atoms with Gasteiger partial charge in [0.2, 0.25) is 0 Å². The average Bonchev–Trinajstić information content (AvgIpc) is 2.72. The van der Waals surface area contributed by atoms with Crippen molar-refractivity contribution in [2.45, 2.75) is 19.9 Å². The van der Waals surface area contributed by atoms with Crippen molar-refractivity contribution < 1.29 is 0 Å². The van der Waals surface area contributed by atoms with Crippen LogP contribution >= 0.6 is 0 Å². The summed E-state index contributed by atoms with van der Waals surface area (Å²) in [6.45, 7) is 4.80. The van der Waals surface area contributed by atoms with Crippen LogP contribution in [0.5, 0.6) is 0 Å². The first kappa shape index (κ1) is 10.9. The minimum atomic E-state index is 0.747. The molecule has 0 spiro atoms. The number of guanidine groups is 1. The summed E-state index contributed by atoms with van der Waals surface area (Å²) in [5.41, 5.74) is 2.40. The number of aryl methyl sites for hydroxylation is 1. The lowest BCUT2D eigenvalue weighted by molar-refractivity contribution is 0.533. The predicted octanol–water partition coefficient (Wildman–Crippen LogP) is 1.03. The highest BCUT2D eigenvalue weighted by Crippen LogP contribution is 2.03. The number of rotatable bonds is 3. The Balaban J connectivity index is 1.94. The van der Waals surface area contributed by atoms with E-state index in [1.165, 1.54) is 5.56 Å². The second-order valence-electron chi connectivity index (χ2n) is 3.99. The molecule has 86 valence electrons. The van der Waals surface area contributed by atoms with Crippen LogP contribution in [0.4, 0.5) is 0 Å². The summed E-state index contributed by atoms with van der Waals surface area (Å²) in [6.07, 6.45) is 2.92. The maximum atomic E-state index is 4.38. The van der Waals surface area contributed by atoms with Gasteiger partial charge in [-0.2, -0.15) is 0 Å². The van der Waals surface area contributed by atoms with Crippen molar-refractivity contribution in [3.8, 4) is 0 Å². The maximum absolute atomic E-state index is 4.38. The van der Waals surface area contributed by atoms with Gasteiger partial charge < -0.3 is 10.2 Å². The van der Waals surface area contributed by atoms with Crippen molar-refractivity contribution in [3.05, 3.63) is 29.6 Å². The van der Waals surface area contributed by atoms with E-state index in [0.717, 1.165) is 37.7 Å². The third kappa shape index (κ3) is 2.51. The summed E-state index contributed by atoms with van der Waals surface area (Å²) >= 11 is 0.